The third kappa shape index (κ3) is 4.25. The van der Waals surface area contributed by atoms with Gasteiger partial charge in [-0.2, -0.15) is 0 Å². The first-order chi connectivity index (χ1) is 12.2. The van der Waals surface area contributed by atoms with Gasteiger partial charge in [-0.1, -0.05) is 12.1 Å². The van der Waals surface area contributed by atoms with Crippen LogP contribution in [0.25, 0.3) is 11.3 Å². The Morgan fingerprint density at radius 1 is 1.19 bits per heavy atom. The number of aliphatic hydroxyl groups is 1. The largest absolute Gasteiger partial charge is 0.390 e. The summed E-state index contributed by atoms with van der Waals surface area (Å²) in [7, 11) is -3.72. The van der Waals surface area contributed by atoms with E-state index in [9.17, 15) is 22.3 Å². The summed E-state index contributed by atoms with van der Waals surface area (Å²) in [6, 6.07) is 6.10. The van der Waals surface area contributed by atoms with Crippen molar-refractivity contribution < 1.29 is 22.3 Å². The van der Waals surface area contributed by atoms with Crippen LogP contribution in [0.5, 0.6) is 0 Å². The molecule has 1 aromatic heterocycles. The van der Waals surface area contributed by atoms with Gasteiger partial charge in [0.1, 0.15) is 11.5 Å². The number of pyridine rings is 1. The van der Waals surface area contributed by atoms with E-state index in [4.69, 9.17) is 0 Å². The highest BCUT2D eigenvalue weighted by molar-refractivity contribution is 7.89. The molecule has 0 aliphatic heterocycles. The maximum absolute atomic E-state index is 13.8. The fourth-order valence-electron chi connectivity index (χ4n) is 3.06. The average Bonchev–Trinajstić information content (AvgIpc) is 2.57. The summed E-state index contributed by atoms with van der Waals surface area (Å²) < 4.78 is 54.4. The Morgan fingerprint density at radius 3 is 2.38 bits per heavy atom. The highest BCUT2D eigenvalue weighted by atomic mass is 32.2. The minimum absolute atomic E-state index is 0.0437. The second kappa shape index (κ2) is 7.02. The van der Waals surface area contributed by atoms with Crippen molar-refractivity contribution in [3.63, 3.8) is 0 Å². The van der Waals surface area contributed by atoms with Crippen molar-refractivity contribution in [2.24, 2.45) is 0 Å². The van der Waals surface area contributed by atoms with Crippen molar-refractivity contribution in [1.29, 1.82) is 0 Å². The van der Waals surface area contributed by atoms with Crippen LogP contribution in [-0.2, 0) is 10.0 Å². The van der Waals surface area contributed by atoms with E-state index in [0.29, 0.717) is 31.2 Å². The molecule has 0 saturated heterocycles. The zero-order valence-electron chi connectivity index (χ0n) is 14.2. The number of sulfonamides is 1. The molecule has 0 atom stereocenters. The summed E-state index contributed by atoms with van der Waals surface area (Å²) in [5.41, 5.74) is -0.427. The zero-order valence-corrected chi connectivity index (χ0v) is 15.1. The quantitative estimate of drug-likeness (QED) is 0.852. The molecule has 26 heavy (non-hydrogen) atoms. The number of nitrogens with zero attached hydrogens (tertiary/aromatic N) is 1. The van der Waals surface area contributed by atoms with Crippen molar-refractivity contribution in [2.45, 2.75) is 49.1 Å². The second-order valence-electron chi connectivity index (χ2n) is 6.90. The highest BCUT2D eigenvalue weighted by Gasteiger charge is 2.31. The molecule has 1 fully saturated rings. The van der Waals surface area contributed by atoms with E-state index in [1.807, 2.05) is 0 Å². The van der Waals surface area contributed by atoms with E-state index in [1.165, 1.54) is 24.3 Å². The third-order valence-corrected chi connectivity index (χ3v) is 6.17. The summed E-state index contributed by atoms with van der Waals surface area (Å²) in [5, 5.41) is 9.95. The number of hydrogen-bond acceptors (Lipinski definition) is 4. The standard InChI is InChI=1S/C18H20F2N2O3S/c1-18(23)8-6-14(7-9-18)22-26(24,25)15-4-2-12(3-5-15)17-16(20)10-13(19)11-21-17/h2-5,10-11,14,22-23H,6-9H2,1H3. The molecular formula is C18H20F2N2O3S. The Hall–Kier alpha value is -1.90. The van der Waals surface area contributed by atoms with Crippen molar-refractivity contribution >= 4 is 10.0 Å². The lowest BCUT2D eigenvalue weighted by atomic mass is 9.84. The van der Waals surface area contributed by atoms with Crippen LogP contribution in [0.1, 0.15) is 32.6 Å². The molecule has 0 unspecified atom stereocenters. The number of halogens is 2. The van der Waals surface area contributed by atoms with Crippen molar-refractivity contribution in [3.8, 4) is 11.3 Å². The minimum atomic E-state index is -3.72. The summed E-state index contributed by atoms with van der Waals surface area (Å²) in [4.78, 5) is 3.76. The van der Waals surface area contributed by atoms with Crippen LogP contribution in [0.2, 0.25) is 0 Å². The molecule has 140 valence electrons. The van der Waals surface area contributed by atoms with Gasteiger partial charge in [0, 0.05) is 17.7 Å². The van der Waals surface area contributed by atoms with Crippen molar-refractivity contribution in [3.05, 3.63) is 48.2 Å². The maximum atomic E-state index is 13.8. The predicted molar refractivity (Wildman–Crippen MR) is 92.8 cm³/mol. The van der Waals surface area contributed by atoms with E-state index in [-0.39, 0.29) is 16.6 Å². The van der Waals surface area contributed by atoms with Crippen LogP contribution < -0.4 is 4.72 Å². The van der Waals surface area contributed by atoms with Gasteiger partial charge in [0.25, 0.3) is 0 Å². The van der Waals surface area contributed by atoms with Gasteiger partial charge in [-0.15, -0.1) is 0 Å². The van der Waals surface area contributed by atoms with E-state index >= 15 is 0 Å². The summed E-state index contributed by atoms with van der Waals surface area (Å²) in [6.45, 7) is 1.75. The third-order valence-electron chi connectivity index (χ3n) is 4.63. The molecule has 1 heterocycles. The van der Waals surface area contributed by atoms with Gasteiger partial charge in [-0.05, 0) is 44.7 Å². The molecule has 2 aromatic rings. The minimum Gasteiger partial charge on any atom is -0.390 e. The van der Waals surface area contributed by atoms with Gasteiger partial charge in [-0.3, -0.25) is 4.98 Å². The molecular weight excluding hydrogens is 362 g/mol. The van der Waals surface area contributed by atoms with Crippen molar-refractivity contribution in [2.75, 3.05) is 0 Å². The highest BCUT2D eigenvalue weighted by Crippen LogP contribution is 2.29. The molecule has 0 bridgehead atoms. The SMILES string of the molecule is CC1(O)CCC(NS(=O)(=O)c2ccc(-c3ncc(F)cc3F)cc2)CC1. The molecule has 2 N–H and O–H groups in total. The van der Waals surface area contributed by atoms with Crippen LogP contribution in [-0.4, -0.2) is 30.2 Å². The molecule has 1 aliphatic carbocycles. The zero-order chi connectivity index (χ0) is 18.9. The van der Waals surface area contributed by atoms with Gasteiger partial charge < -0.3 is 5.11 Å². The van der Waals surface area contributed by atoms with Crippen LogP contribution in [0.4, 0.5) is 8.78 Å². The smallest absolute Gasteiger partial charge is 0.240 e. The molecule has 0 radical (unpaired) electrons. The molecule has 1 aromatic carbocycles. The van der Waals surface area contributed by atoms with Crippen LogP contribution >= 0.6 is 0 Å². The van der Waals surface area contributed by atoms with Gasteiger partial charge in [0.15, 0.2) is 5.82 Å². The normalized spacial score (nSPS) is 23.8. The lowest BCUT2D eigenvalue weighted by Crippen LogP contribution is -2.42. The Balaban J connectivity index is 1.75. The molecule has 3 rings (SSSR count). The predicted octanol–water partition coefficient (Wildman–Crippen LogP) is 3.00. The first-order valence-corrected chi connectivity index (χ1v) is 9.81. The molecule has 1 aliphatic rings. The van der Waals surface area contributed by atoms with E-state index in [2.05, 4.69) is 9.71 Å². The molecule has 0 spiro atoms. The Morgan fingerprint density at radius 2 is 1.81 bits per heavy atom. The molecule has 8 heteroatoms. The molecule has 1 saturated carbocycles. The van der Waals surface area contributed by atoms with Gasteiger partial charge >= 0.3 is 0 Å². The number of hydrogen-bond donors (Lipinski definition) is 2. The van der Waals surface area contributed by atoms with Crippen LogP contribution in [0, 0.1) is 11.6 Å². The maximum Gasteiger partial charge on any atom is 0.240 e. The average molecular weight is 382 g/mol. The number of rotatable bonds is 4. The summed E-state index contributed by atoms with van der Waals surface area (Å²) >= 11 is 0. The van der Waals surface area contributed by atoms with E-state index in [0.717, 1.165) is 12.3 Å². The lowest BCUT2D eigenvalue weighted by molar-refractivity contribution is 0.0163. The Kier molecular flexibility index (Phi) is 5.09. The lowest BCUT2D eigenvalue weighted by Gasteiger charge is -2.33. The first-order valence-electron chi connectivity index (χ1n) is 8.32. The Labute approximate surface area is 151 Å². The van der Waals surface area contributed by atoms with Gasteiger partial charge in [0.2, 0.25) is 10.0 Å². The molecule has 5 nitrogen and oxygen atoms in total. The summed E-state index contributed by atoms with van der Waals surface area (Å²) in [6.07, 6.45) is 3.11. The van der Waals surface area contributed by atoms with Gasteiger partial charge in [0.05, 0.1) is 16.7 Å². The molecule has 0 amide bonds. The van der Waals surface area contributed by atoms with Crippen LogP contribution in [0.15, 0.2) is 41.4 Å². The van der Waals surface area contributed by atoms with E-state index in [1.54, 1.807) is 6.92 Å². The number of aromatic nitrogens is 1. The fraction of sp³-hybridized carbons (Fsp3) is 0.389. The summed E-state index contributed by atoms with van der Waals surface area (Å²) in [5.74, 6) is -1.59. The van der Waals surface area contributed by atoms with Crippen molar-refractivity contribution in [1.82, 2.24) is 9.71 Å². The Bertz CT molecular complexity index is 889. The fourth-order valence-corrected chi connectivity index (χ4v) is 4.37. The topological polar surface area (TPSA) is 79.3 Å². The monoisotopic (exact) mass is 382 g/mol. The number of benzene rings is 1. The van der Waals surface area contributed by atoms with Crippen LogP contribution in [0.3, 0.4) is 0 Å². The van der Waals surface area contributed by atoms with Gasteiger partial charge in [-0.25, -0.2) is 21.9 Å². The first kappa shape index (κ1) is 18.9. The number of nitrogens with one attached hydrogen (secondary N) is 1. The second-order valence-corrected chi connectivity index (χ2v) is 8.61. The van der Waals surface area contributed by atoms with E-state index < -0.39 is 27.3 Å².